The second-order valence-corrected chi connectivity index (χ2v) is 7.07. The van der Waals surface area contributed by atoms with Crippen molar-refractivity contribution >= 4 is 10.0 Å². The van der Waals surface area contributed by atoms with Crippen molar-refractivity contribution in [2.45, 2.75) is 38.3 Å². The molecule has 0 saturated carbocycles. The molecule has 1 N–H and O–H groups in total. The van der Waals surface area contributed by atoms with Crippen molar-refractivity contribution in [2.75, 3.05) is 32.0 Å². The van der Waals surface area contributed by atoms with E-state index in [2.05, 4.69) is 5.32 Å². The van der Waals surface area contributed by atoms with E-state index in [-0.39, 0.29) is 17.9 Å². The van der Waals surface area contributed by atoms with Crippen molar-refractivity contribution in [3.8, 4) is 0 Å². The summed E-state index contributed by atoms with van der Waals surface area (Å²) in [7, 11) is -3.09. The first-order chi connectivity index (χ1) is 8.08. The van der Waals surface area contributed by atoms with Gasteiger partial charge in [-0.15, -0.1) is 0 Å². The Morgan fingerprint density at radius 3 is 2.94 bits per heavy atom. The van der Waals surface area contributed by atoms with Crippen LogP contribution in [0.3, 0.4) is 0 Å². The van der Waals surface area contributed by atoms with Crippen molar-refractivity contribution in [1.82, 2.24) is 9.62 Å². The Kier molecular flexibility index (Phi) is 4.41. The number of rotatable bonds is 2. The van der Waals surface area contributed by atoms with Gasteiger partial charge in [0.25, 0.3) is 0 Å². The zero-order chi connectivity index (χ0) is 12.3. The number of hydrogen-bond donors (Lipinski definition) is 1. The summed E-state index contributed by atoms with van der Waals surface area (Å²) in [6.07, 6.45) is 2.81. The average Bonchev–Trinajstić information content (AvgIpc) is 2.75. The summed E-state index contributed by atoms with van der Waals surface area (Å²) in [6, 6.07) is 0.214. The third-order valence-electron chi connectivity index (χ3n) is 3.37. The minimum absolute atomic E-state index is 0.0939. The van der Waals surface area contributed by atoms with Gasteiger partial charge < -0.3 is 10.1 Å². The Morgan fingerprint density at radius 2 is 2.24 bits per heavy atom. The molecule has 2 aliphatic rings. The lowest BCUT2D eigenvalue weighted by atomic mass is 10.2. The van der Waals surface area contributed by atoms with Crippen LogP contribution in [0.25, 0.3) is 0 Å². The molecule has 0 amide bonds. The molecule has 0 aliphatic carbocycles. The maximum Gasteiger partial charge on any atom is 0.214 e. The van der Waals surface area contributed by atoms with Gasteiger partial charge in [-0.2, -0.15) is 4.31 Å². The maximum absolute atomic E-state index is 12.1. The first-order valence-corrected chi connectivity index (χ1v) is 8.01. The van der Waals surface area contributed by atoms with Crippen LogP contribution in [0.15, 0.2) is 0 Å². The Morgan fingerprint density at radius 1 is 1.41 bits per heavy atom. The third-order valence-corrected chi connectivity index (χ3v) is 5.26. The number of ether oxygens (including phenoxy) is 1. The monoisotopic (exact) mass is 262 g/mol. The minimum atomic E-state index is -3.09. The largest absolute Gasteiger partial charge is 0.377 e. The van der Waals surface area contributed by atoms with E-state index in [0.717, 1.165) is 26.0 Å². The Labute approximate surface area is 104 Å². The van der Waals surface area contributed by atoms with E-state index in [1.807, 2.05) is 6.92 Å². The van der Waals surface area contributed by atoms with Gasteiger partial charge in [0.05, 0.1) is 11.9 Å². The Hall–Kier alpha value is -0.170. The molecule has 0 bridgehead atoms. The number of nitrogens with zero attached hydrogens (tertiary/aromatic N) is 1. The van der Waals surface area contributed by atoms with Gasteiger partial charge in [-0.3, -0.25) is 0 Å². The van der Waals surface area contributed by atoms with Gasteiger partial charge in [-0.25, -0.2) is 8.42 Å². The fourth-order valence-electron chi connectivity index (χ4n) is 2.42. The first-order valence-electron chi connectivity index (χ1n) is 6.41. The van der Waals surface area contributed by atoms with E-state index < -0.39 is 10.0 Å². The van der Waals surface area contributed by atoms with Crippen LogP contribution >= 0.6 is 0 Å². The minimum Gasteiger partial charge on any atom is -0.377 e. The highest BCUT2D eigenvalue weighted by Crippen LogP contribution is 2.16. The van der Waals surface area contributed by atoms with Crippen molar-refractivity contribution in [1.29, 1.82) is 0 Å². The number of hydrogen-bond acceptors (Lipinski definition) is 4. The molecule has 0 aromatic carbocycles. The molecule has 2 fully saturated rings. The van der Waals surface area contributed by atoms with Crippen molar-refractivity contribution in [3.05, 3.63) is 0 Å². The first kappa shape index (κ1) is 13.3. The van der Waals surface area contributed by atoms with Gasteiger partial charge in [0.15, 0.2) is 0 Å². The van der Waals surface area contributed by atoms with Crippen LogP contribution in [0, 0.1) is 0 Å². The lowest BCUT2D eigenvalue weighted by Gasteiger charge is -2.30. The van der Waals surface area contributed by atoms with Gasteiger partial charge in [-0.05, 0) is 32.7 Å². The fourth-order valence-corrected chi connectivity index (χ4v) is 4.03. The predicted molar refractivity (Wildman–Crippen MR) is 66.4 cm³/mol. The molecule has 0 aromatic rings. The summed E-state index contributed by atoms with van der Waals surface area (Å²) in [4.78, 5) is 0. The van der Waals surface area contributed by atoms with Crippen LogP contribution in [0.2, 0.25) is 0 Å². The van der Waals surface area contributed by atoms with E-state index in [4.69, 9.17) is 4.74 Å². The zero-order valence-electron chi connectivity index (χ0n) is 10.4. The predicted octanol–water partition coefficient (Wildman–Crippen LogP) is 0.179. The zero-order valence-corrected chi connectivity index (χ0v) is 11.2. The molecular weight excluding hydrogens is 240 g/mol. The molecule has 2 aliphatic heterocycles. The number of nitrogens with one attached hydrogen (secondary N) is 1. The molecule has 2 atom stereocenters. The molecule has 100 valence electrons. The van der Waals surface area contributed by atoms with Gasteiger partial charge in [0, 0.05) is 25.7 Å². The molecule has 17 heavy (non-hydrogen) atoms. The van der Waals surface area contributed by atoms with Gasteiger partial charge in [0.2, 0.25) is 10.0 Å². The highest BCUT2D eigenvalue weighted by Gasteiger charge is 2.29. The average molecular weight is 262 g/mol. The molecule has 2 saturated heterocycles. The third kappa shape index (κ3) is 3.64. The van der Waals surface area contributed by atoms with Crippen LogP contribution in [0.5, 0.6) is 0 Å². The van der Waals surface area contributed by atoms with Crippen molar-refractivity contribution in [2.24, 2.45) is 0 Å². The summed E-state index contributed by atoms with van der Waals surface area (Å²) in [5.41, 5.74) is 0. The Balaban J connectivity index is 2.02. The molecule has 0 aromatic heterocycles. The van der Waals surface area contributed by atoms with E-state index in [9.17, 15) is 8.42 Å². The van der Waals surface area contributed by atoms with E-state index >= 15 is 0 Å². The van der Waals surface area contributed by atoms with Crippen LogP contribution < -0.4 is 5.32 Å². The standard InChI is InChI=1S/C11H22N2O3S/c1-10-8-13(9-11-4-2-6-16-11)17(14,15)7-3-5-12-10/h10-12H,2-9H2,1H3. The molecule has 0 radical (unpaired) electrons. The fraction of sp³-hybridized carbons (Fsp3) is 1.00. The summed E-state index contributed by atoms with van der Waals surface area (Å²) in [5, 5.41) is 3.33. The van der Waals surface area contributed by atoms with Crippen molar-refractivity contribution in [3.63, 3.8) is 0 Å². The quantitative estimate of drug-likeness (QED) is 0.771. The van der Waals surface area contributed by atoms with Gasteiger partial charge in [0.1, 0.15) is 0 Å². The number of sulfonamides is 1. The van der Waals surface area contributed by atoms with Gasteiger partial charge in [-0.1, -0.05) is 0 Å². The molecule has 2 unspecified atom stereocenters. The van der Waals surface area contributed by atoms with E-state index in [0.29, 0.717) is 19.5 Å². The van der Waals surface area contributed by atoms with Crippen LogP contribution in [-0.4, -0.2) is 56.9 Å². The molecule has 2 heterocycles. The Bertz CT molecular complexity index is 339. The van der Waals surface area contributed by atoms with Crippen LogP contribution in [-0.2, 0) is 14.8 Å². The summed E-state index contributed by atoms with van der Waals surface area (Å²) < 4.78 is 31.4. The van der Waals surface area contributed by atoms with Crippen molar-refractivity contribution < 1.29 is 13.2 Å². The second-order valence-electron chi connectivity index (χ2n) is 4.98. The highest BCUT2D eigenvalue weighted by atomic mass is 32.2. The molecular formula is C11H22N2O3S. The van der Waals surface area contributed by atoms with Crippen LogP contribution in [0.4, 0.5) is 0 Å². The molecule has 5 nitrogen and oxygen atoms in total. The van der Waals surface area contributed by atoms with E-state index in [1.54, 1.807) is 4.31 Å². The summed E-state index contributed by atoms with van der Waals surface area (Å²) in [6.45, 7) is 4.67. The smallest absolute Gasteiger partial charge is 0.214 e. The maximum atomic E-state index is 12.1. The normalized spacial score (nSPS) is 35.4. The molecule has 0 spiro atoms. The molecule has 2 rings (SSSR count). The van der Waals surface area contributed by atoms with Gasteiger partial charge >= 0.3 is 0 Å². The second kappa shape index (κ2) is 5.65. The van der Waals surface area contributed by atoms with E-state index in [1.165, 1.54) is 0 Å². The SMILES string of the molecule is CC1CN(CC2CCCO2)S(=O)(=O)CCCN1. The van der Waals surface area contributed by atoms with Crippen LogP contribution in [0.1, 0.15) is 26.2 Å². The summed E-state index contributed by atoms with van der Waals surface area (Å²) in [5.74, 6) is 0.249. The molecule has 6 heteroatoms. The lowest BCUT2D eigenvalue weighted by Crippen LogP contribution is -2.48. The summed E-state index contributed by atoms with van der Waals surface area (Å²) >= 11 is 0. The highest BCUT2D eigenvalue weighted by molar-refractivity contribution is 7.89. The lowest BCUT2D eigenvalue weighted by molar-refractivity contribution is 0.0920. The topological polar surface area (TPSA) is 58.6 Å².